The fourth-order valence-electron chi connectivity index (χ4n) is 3.52. The third-order valence-corrected chi connectivity index (χ3v) is 4.94. The fraction of sp³-hybridized carbons (Fsp3) is 0.409. The van der Waals surface area contributed by atoms with Crippen molar-refractivity contribution in [2.45, 2.75) is 38.7 Å². The first-order chi connectivity index (χ1) is 14.3. The lowest BCUT2D eigenvalue weighted by atomic mass is 10.1. The molecule has 0 aliphatic heterocycles. The number of hydrogen-bond acceptors (Lipinski definition) is 6. The molecule has 0 atom stereocenters. The zero-order valence-electron chi connectivity index (χ0n) is 17.9. The number of methoxy groups -OCH3 is 1. The van der Waals surface area contributed by atoms with Gasteiger partial charge in [0.2, 0.25) is 5.88 Å². The highest BCUT2D eigenvalue weighted by molar-refractivity contribution is 6.03. The Labute approximate surface area is 176 Å². The second-order valence-electron chi connectivity index (χ2n) is 7.71. The predicted octanol–water partition coefficient (Wildman–Crippen LogP) is 3.12. The molecule has 160 valence electrons. The summed E-state index contributed by atoms with van der Waals surface area (Å²) >= 11 is 0. The van der Waals surface area contributed by atoms with Crippen molar-refractivity contribution in [3.05, 3.63) is 35.5 Å². The minimum absolute atomic E-state index is 0.0959. The Kier molecular flexibility index (Phi) is 6.44. The molecule has 8 nitrogen and oxygen atoms in total. The number of carbonyl (C=O) groups excluding carboxylic acids is 1. The average molecular weight is 412 g/mol. The summed E-state index contributed by atoms with van der Waals surface area (Å²) in [6.07, 6.45) is 5.89. The van der Waals surface area contributed by atoms with E-state index in [1.807, 2.05) is 0 Å². The number of nitrogens with zero attached hydrogens (tertiary/aromatic N) is 3. The first kappa shape index (κ1) is 21.4. The highest BCUT2D eigenvalue weighted by atomic mass is 16.5. The summed E-state index contributed by atoms with van der Waals surface area (Å²) in [7, 11) is 4.94. The van der Waals surface area contributed by atoms with Crippen LogP contribution in [0.25, 0.3) is 10.8 Å². The molecule has 8 heteroatoms. The highest BCUT2D eigenvalue weighted by Gasteiger charge is 2.22. The standard InChI is InChI=1S/C22H29N5O3/c1-13(23)9-19(24)25-20-11-14-10-18(29-4)17(22(28)27(2)3)12-16(14)21(26-20)30-15-7-5-6-8-15/h9-12,15H,5-8,23H2,1-4H3,(H2,24,25,26)/b13-9-. The van der Waals surface area contributed by atoms with Crippen molar-refractivity contribution in [2.75, 3.05) is 21.2 Å². The lowest BCUT2D eigenvalue weighted by Gasteiger charge is -2.18. The van der Waals surface area contributed by atoms with E-state index in [4.69, 9.17) is 20.9 Å². The minimum atomic E-state index is -0.157. The number of hydrogen-bond donors (Lipinski definition) is 2. The number of nitrogens with two attached hydrogens (primary N) is 2. The first-order valence-corrected chi connectivity index (χ1v) is 9.97. The summed E-state index contributed by atoms with van der Waals surface area (Å²) in [5.41, 5.74) is 12.6. The number of amides is 1. The van der Waals surface area contributed by atoms with Gasteiger partial charge >= 0.3 is 0 Å². The molecule has 0 unspecified atom stereocenters. The maximum absolute atomic E-state index is 12.7. The lowest BCUT2D eigenvalue weighted by molar-refractivity contribution is 0.0824. The van der Waals surface area contributed by atoms with E-state index in [-0.39, 0.29) is 17.8 Å². The Hall–Kier alpha value is -3.29. The van der Waals surface area contributed by atoms with Crippen LogP contribution in [0.5, 0.6) is 11.6 Å². The largest absolute Gasteiger partial charge is 0.496 e. The second kappa shape index (κ2) is 9.02. The van der Waals surface area contributed by atoms with Crippen LogP contribution in [0.4, 0.5) is 5.82 Å². The van der Waals surface area contributed by atoms with Crippen LogP contribution in [-0.2, 0) is 0 Å². The van der Waals surface area contributed by atoms with Crippen molar-refractivity contribution < 1.29 is 14.3 Å². The van der Waals surface area contributed by atoms with Crippen LogP contribution in [0.3, 0.4) is 0 Å². The molecule has 1 saturated carbocycles. The van der Waals surface area contributed by atoms with E-state index in [0.717, 1.165) is 36.5 Å². The van der Waals surface area contributed by atoms with Crippen LogP contribution < -0.4 is 20.9 Å². The van der Waals surface area contributed by atoms with Crippen molar-refractivity contribution in [1.82, 2.24) is 9.88 Å². The molecule has 3 rings (SSSR count). The fourth-order valence-corrected chi connectivity index (χ4v) is 3.52. The van der Waals surface area contributed by atoms with Crippen molar-refractivity contribution >= 4 is 28.3 Å². The normalized spacial score (nSPS) is 15.5. The quantitative estimate of drug-likeness (QED) is 0.557. The summed E-state index contributed by atoms with van der Waals surface area (Å²) in [6, 6.07) is 5.36. The number of carbonyl (C=O) groups is 1. The van der Waals surface area contributed by atoms with E-state index in [1.54, 1.807) is 45.3 Å². The molecule has 1 aromatic carbocycles. The smallest absolute Gasteiger partial charge is 0.257 e. The molecule has 0 spiro atoms. The zero-order valence-corrected chi connectivity index (χ0v) is 17.9. The molecular formula is C22H29N5O3. The topological polar surface area (TPSA) is 116 Å². The van der Waals surface area contributed by atoms with Gasteiger partial charge in [0.15, 0.2) is 5.82 Å². The minimum Gasteiger partial charge on any atom is -0.496 e. The Bertz CT molecular complexity index is 1000. The van der Waals surface area contributed by atoms with Crippen LogP contribution in [0.1, 0.15) is 43.0 Å². The van der Waals surface area contributed by atoms with Gasteiger partial charge in [-0.15, -0.1) is 0 Å². The number of amidine groups is 1. The molecule has 0 saturated heterocycles. The molecule has 1 fully saturated rings. The molecule has 0 bridgehead atoms. The molecule has 1 heterocycles. The van der Waals surface area contributed by atoms with Crippen LogP contribution >= 0.6 is 0 Å². The maximum atomic E-state index is 12.7. The molecule has 1 aromatic heterocycles. The second-order valence-corrected chi connectivity index (χ2v) is 7.71. The number of rotatable bonds is 6. The lowest BCUT2D eigenvalue weighted by Crippen LogP contribution is -2.22. The van der Waals surface area contributed by atoms with E-state index < -0.39 is 0 Å². The Balaban J connectivity index is 2.18. The molecule has 1 aliphatic rings. The maximum Gasteiger partial charge on any atom is 0.257 e. The molecule has 2 aromatic rings. The van der Waals surface area contributed by atoms with Gasteiger partial charge in [0.1, 0.15) is 17.7 Å². The molecular weight excluding hydrogens is 382 g/mol. The SMILES string of the molecule is COc1cc2cc(/N=C(N)\C=C(\C)N)nc(OC3CCCC3)c2cc1C(=O)N(C)C. The zero-order chi connectivity index (χ0) is 21.8. The van der Waals surface area contributed by atoms with Gasteiger partial charge < -0.3 is 25.8 Å². The van der Waals surface area contributed by atoms with Gasteiger partial charge in [-0.3, -0.25) is 4.79 Å². The summed E-state index contributed by atoms with van der Waals surface area (Å²) in [5.74, 6) is 1.41. The first-order valence-electron chi connectivity index (χ1n) is 9.97. The highest BCUT2D eigenvalue weighted by Crippen LogP contribution is 2.35. The van der Waals surface area contributed by atoms with Crippen molar-refractivity contribution in [2.24, 2.45) is 16.5 Å². The molecule has 0 radical (unpaired) electrons. The summed E-state index contributed by atoms with van der Waals surface area (Å²) in [4.78, 5) is 23.1. The van der Waals surface area contributed by atoms with Gasteiger partial charge in [0.25, 0.3) is 5.91 Å². The van der Waals surface area contributed by atoms with Crippen LogP contribution in [0.2, 0.25) is 0 Å². The molecule has 30 heavy (non-hydrogen) atoms. The number of aromatic nitrogens is 1. The average Bonchev–Trinajstić information content (AvgIpc) is 3.18. The van der Waals surface area contributed by atoms with Gasteiger partial charge in [-0.2, -0.15) is 4.98 Å². The number of fused-ring (bicyclic) bond motifs is 1. The predicted molar refractivity (Wildman–Crippen MR) is 118 cm³/mol. The number of benzene rings is 1. The Morgan fingerprint density at radius 3 is 2.53 bits per heavy atom. The summed E-state index contributed by atoms with van der Waals surface area (Å²) < 4.78 is 11.7. The summed E-state index contributed by atoms with van der Waals surface area (Å²) in [6.45, 7) is 1.74. The van der Waals surface area contributed by atoms with E-state index in [2.05, 4.69) is 9.98 Å². The van der Waals surface area contributed by atoms with Gasteiger partial charge in [0, 0.05) is 25.2 Å². The molecule has 1 amide bonds. The number of pyridine rings is 1. The van der Waals surface area contributed by atoms with Crippen LogP contribution in [0, 0.1) is 0 Å². The number of ether oxygens (including phenoxy) is 2. The van der Waals surface area contributed by atoms with Crippen LogP contribution in [0.15, 0.2) is 35.0 Å². The van der Waals surface area contributed by atoms with Gasteiger partial charge in [-0.05, 0) is 62.3 Å². The Morgan fingerprint density at radius 1 is 1.23 bits per heavy atom. The van der Waals surface area contributed by atoms with Gasteiger partial charge in [-0.25, -0.2) is 4.99 Å². The van der Waals surface area contributed by atoms with E-state index in [0.29, 0.717) is 28.7 Å². The van der Waals surface area contributed by atoms with Crippen LogP contribution in [-0.4, -0.2) is 48.9 Å². The monoisotopic (exact) mass is 411 g/mol. The number of aliphatic imine (C=N–C) groups is 1. The van der Waals surface area contributed by atoms with Crippen molar-refractivity contribution in [3.63, 3.8) is 0 Å². The van der Waals surface area contributed by atoms with Gasteiger partial charge in [-0.1, -0.05) is 0 Å². The molecule has 4 N–H and O–H groups in total. The van der Waals surface area contributed by atoms with Crippen molar-refractivity contribution in [3.8, 4) is 11.6 Å². The van der Waals surface area contributed by atoms with Gasteiger partial charge in [0.05, 0.1) is 12.7 Å². The van der Waals surface area contributed by atoms with E-state index in [1.165, 1.54) is 12.0 Å². The third kappa shape index (κ3) is 4.82. The third-order valence-electron chi connectivity index (χ3n) is 4.94. The van der Waals surface area contributed by atoms with E-state index in [9.17, 15) is 4.79 Å². The summed E-state index contributed by atoms with van der Waals surface area (Å²) in [5, 5.41) is 1.53. The number of allylic oxidation sites excluding steroid dienone is 1. The Morgan fingerprint density at radius 2 is 1.93 bits per heavy atom. The van der Waals surface area contributed by atoms with E-state index >= 15 is 0 Å². The van der Waals surface area contributed by atoms with Crippen molar-refractivity contribution in [1.29, 1.82) is 0 Å². The molecule has 1 aliphatic carbocycles.